The molecule has 0 aromatic heterocycles. The Bertz CT molecular complexity index is 829. The van der Waals surface area contributed by atoms with Crippen LogP contribution in [0.1, 0.15) is 72.1 Å². The summed E-state index contributed by atoms with van der Waals surface area (Å²) >= 11 is 0. The van der Waals surface area contributed by atoms with Crippen molar-refractivity contribution < 1.29 is 26.5 Å². The maximum Gasteiger partial charge on any atom is 0.295 e. The second-order valence-corrected chi connectivity index (χ2v) is 12.4. The lowest BCUT2D eigenvalue weighted by Crippen LogP contribution is -3.00. The number of ketones is 1. The van der Waals surface area contributed by atoms with Gasteiger partial charge in [0.15, 0.2) is 6.54 Å². The standard InChI is InChI=1S/C26H41N3O2.ClH/c1-17(30)21-9-10-22-20-8-7-18-15-19(27-28-24(31)16-29(4,5)6)11-13-25(18,2)23(20)12-14-26(21,22)3;/h15,20-23H,7-14,16H2,1-6H3;1H/b27-19-;/t20?,21-,22?,23?,25+,26-;/m1./s1. The van der Waals surface area contributed by atoms with Crippen LogP contribution in [0.5, 0.6) is 0 Å². The molecule has 6 atom stereocenters. The van der Waals surface area contributed by atoms with Crippen LogP contribution in [0.25, 0.3) is 0 Å². The van der Waals surface area contributed by atoms with Crippen LogP contribution in [0.2, 0.25) is 0 Å². The van der Waals surface area contributed by atoms with Crippen LogP contribution in [0.15, 0.2) is 16.8 Å². The van der Waals surface area contributed by atoms with E-state index in [1.165, 1.54) is 25.7 Å². The Morgan fingerprint density at radius 2 is 1.78 bits per heavy atom. The largest absolute Gasteiger partial charge is 1.00 e. The van der Waals surface area contributed by atoms with Crippen molar-refractivity contribution in [2.45, 2.75) is 72.1 Å². The molecule has 3 unspecified atom stereocenters. The summed E-state index contributed by atoms with van der Waals surface area (Å²) in [5, 5.41) is 4.48. The van der Waals surface area contributed by atoms with E-state index in [2.05, 4.69) is 30.5 Å². The number of Topliss-reactive ketones (excluding diaryl/α,β-unsaturated/α-hetero) is 1. The smallest absolute Gasteiger partial charge is 0.295 e. The molecule has 0 radical (unpaired) electrons. The Hall–Kier alpha value is -1.20. The van der Waals surface area contributed by atoms with Gasteiger partial charge in [-0.3, -0.25) is 9.59 Å². The summed E-state index contributed by atoms with van der Waals surface area (Å²) in [5.74, 6) is 2.87. The van der Waals surface area contributed by atoms with Crippen molar-refractivity contribution in [2.24, 2.45) is 39.6 Å². The van der Waals surface area contributed by atoms with Gasteiger partial charge in [-0.05, 0) is 93.0 Å². The van der Waals surface area contributed by atoms with E-state index in [1.54, 1.807) is 5.57 Å². The third-order valence-electron chi connectivity index (χ3n) is 9.41. The number of hydrogen-bond donors (Lipinski definition) is 1. The molecule has 0 heterocycles. The van der Waals surface area contributed by atoms with Crippen molar-refractivity contribution in [1.29, 1.82) is 0 Å². The zero-order chi connectivity index (χ0) is 22.6. The summed E-state index contributed by atoms with van der Waals surface area (Å²) in [4.78, 5) is 24.5. The molecule has 6 heteroatoms. The first-order valence-electron chi connectivity index (χ1n) is 12.3. The van der Waals surface area contributed by atoms with Crippen molar-refractivity contribution >= 4 is 17.4 Å². The monoisotopic (exact) mass is 463 g/mol. The van der Waals surface area contributed by atoms with E-state index >= 15 is 0 Å². The van der Waals surface area contributed by atoms with E-state index in [1.807, 2.05) is 28.1 Å². The van der Waals surface area contributed by atoms with E-state index < -0.39 is 0 Å². The molecule has 5 nitrogen and oxygen atoms in total. The topological polar surface area (TPSA) is 58.5 Å². The second-order valence-electron chi connectivity index (χ2n) is 12.4. The molecule has 1 N–H and O–H groups in total. The predicted octanol–water partition coefficient (Wildman–Crippen LogP) is 1.34. The highest BCUT2D eigenvalue weighted by Crippen LogP contribution is 2.66. The third-order valence-corrected chi connectivity index (χ3v) is 9.41. The number of amides is 1. The Morgan fingerprint density at radius 3 is 2.44 bits per heavy atom. The van der Waals surface area contributed by atoms with Crippen molar-refractivity contribution in [1.82, 2.24) is 5.43 Å². The summed E-state index contributed by atoms with van der Waals surface area (Å²) in [6, 6.07) is 0. The summed E-state index contributed by atoms with van der Waals surface area (Å²) in [6.07, 6.45) is 11.5. The second kappa shape index (κ2) is 8.87. The minimum absolute atomic E-state index is 0. The van der Waals surface area contributed by atoms with E-state index in [-0.39, 0.29) is 35.1 Å². The van der Waals surface area contributed by atoms with Crippen LogP contribution >= 0.6 is 0 Å². The number of likely N-dealkylation sites (N-methyl/N-ethyl adjacent to an activating group) is 1. The fourth-order valence-corrected chi connectivity index (χ4v) is 7.93. The summed E-state index contributed by atoms with van der Waals surface area (Å²) < 4.78 is 0.601. The first-order chi connectivity index (χ1) is 14.4. The van der Waals surface area contributed by atoms with Crippen molar-refractivity contribution in [3.05, 3.63) is 11.6 Å². The third kappa shape index (κ3) is 4.44. The summed E-state index contributed by atoms with van der Waals surface area (Å²) in [7, 11) is 6.03. The van der Waals surface area contributed by atoms with Crippen molar-refractivity contribution in [2.75, 3.05) is 27.7 Å². The van der Waals surface area contributed by atoms with Crippen LogP contribution in [0.4, 0.5) is 0 Å². The first kappa shape index (κ1) is 25.4. The average Bonchev–Trinajstić information content (AvgIpc) is 3.02. The molecule has 0 aromatic carbocycles. The van der Waals surface area contributed by atoms with Gasteiger partial charge >= 0.3 is 0 Å². The first-order valence-corrected chi connectivity index (χ1v) is 12.3. The van der Waals surface area contributed by atoms with Crippen LogP contribution in [-0.2, 0) is 9.59 Å². The zero-order valence-electron chi connectivity index (χ0n) is 20.8. The molecular weight excluding hydrogens is 422 g/mol. The van der Waals surface area contributed by atoms with Gasteiger partial charge in [-0.2, -0.15) is 5.10 Å². The quantitative estimate of drug-likeness (QED) is 0.505. The highest BCUT2D eigenvalue weighted by Gasteiger charge is 2.59. The number of carbonyl (C=O) groups excluding carboxylic acids is 2. The SMILES string of the molecule is CC(=O)[C@H]1CCC2C3CCC4=C/C(=N\NC(=O)C[N+](C)(C)C)CC[C@]4(C)C3CC[C@@]21C.[Cl-]. The van der Waals surface area contributed by atoms with Gasteiger partial charge in [0.05, 0.1) is 26.9 Å². The molecule has 4 aliphatic rings. The normalized spacial score (nSPS) is 39.8. The van der Waals surface area contributed by atoms with Gasteiger partial charge in [0.25, 0.3) is 5.91 Å². The Kier molecular flexibility index (Phi) is 7.04. The number of quaternary nitrogens is 1. The molecule has 3 fully saturated rings. The van der Waals surface area contributed by atoms with Gasteiger partial charge in [-0.1, -0.05) is 19.4 Å². The molecule has 0 bridgehead atoms. The van der Waals surface area contributed by atoms with E-state index in [4.69, 9.17) is 0 Å². The highest BCUT2D eigenvalue weighted by molar-refractivity contribution is 5.97. The minimum Gasteiger partial charge on any atom is -1.00 e. The van der Waals surface area contributed by atoms with Gasteiger partial charge < -0.3 is 16.9 Å². The number of nitrogens with one attached hydrogen (secondary N) is 1. The van der Waals surface area contributed by atoms with Crippen LogP contribution in [-0.4, -0.2) is 49.6 Å². The lowest BCUT2D eigenvalue weighted by molar-refractivity contribution is -0.862. The number of halogens is 1. The number of hydrogen-bond acceptors (Lipinski definition) is 3. The molecule has 0 saturated heterocycles. The number of fused-ring (bicyclic) bond motifs is 5. The molecule has 4 rings (SSSR count). The number of allylic oxidation sites excluding steroid dienone is 2. The maximum atomic E-state index is 12.3. The Morgan fingerprint density at radius 1 is 1.06 bits per heavy atom. The van der Waals surface area contributed by atoms with Gasteiger partial charge in [-0.25, -0.2) is 5.43 Å². The molecule has 0 spiro atoms. The van der Waals surface area contributed by atoms with Crippen LogP contribution in [0.3, 0.4) is 0 Å². The fourth-order valence-electron chi connectivity index (χ4n) is 7.93. The zero-order valence-corrected chi connectivity index (χ0v) is 21.6. The van der Waals surface area contributed by atoms with Gasteiger partial charge in [0.1, 0.15) is 5.78 Å². The number of hydrazone groups is 1. The molecule has 1 amide bonds. The molecule has 0 aromatic rings. The highest BCUT2D eigenvalue weighted by atomic mass is 35.5. The van der Waals surface area contributed by atoms with Crippen molar-refractivity contribution in [3.8, 4) is 0 Å². The Balaban J connectivity index is 0.00000289. The maximum absolute atomic E-state index is 12.3. The summed E-state index contributed by atoms with van der Waals surface area (Å²) in [6.45, 7) is 7.15. The molecule has 180 valence electrons. The van der Waals surface area contributed by atoms with Gasteiger partial charge in [-0.15, -0.1) is 0 Å². The van der Waals surface area contributed by atoms with Crippen LogP contribution < -0.4 is 17.8 Å². The van der Waals surface area contributed by atoms with E-state index in [0.29, 0.717) is 22.7 Å². The minimum atomic E-state index is -0.0248. The lowest BCUT2D eigenvalue weighted by atomic mass is 9.46. The molecule has 4 aliphatic carbocycles. The average molecular weight is 464 g/mol. The van der Waals surface area contributed by atoms with E-state index in [0.717, 1.165) is 43.2 Å². The van der Waals surface area contributed by atoms with Crippen LogP contribution in [0, 0.1) is 34.5 Å². The lowest BCUT2D eigenvalue weighted by Gasteiger charge is -2.58. The molecule has 32 heavy (non-hydrogen) atoms. The van der Waals surface area contributed by atoms with E-state index in [9.17, 15) is 9.59 Å². The number of rotatable bonds is 4. The molecular formula is C26H42ClN3O2. The molecule has 3 saturated carbocycles. The van der Waals surface area contributed by atoms with Crippen molar-refractivity contribution in [3.63, 3.8) is 0 Å². The molecule has 0 aliphatic heterocycles. The Labute approximate surface area is 200 Å². The predicted molar refractivity (Wildman–Crippen MR) is 124 cm³/mol. The summed E-state index contributed by atoms with van der Waals surface area (Å²) in [5.41, 5.74) is 5.83. The van der Waals surface area contributed by atoms with Gasteiger partial charge in [0.2, 0.25) is 0 Å². The van der Waals surface area contributed by atoms with Gasteiger partial charge in [0, 0.05) is 5.92 Å². The fraction of sp³-hybridized carbons (Fsp3) is 0.808. The number of nitrogens with zero attached hydrogens (tertiary/aromatic N) is 2. The number of carbonyl (C=O) groups is 2.